The Hall–Kier alpha value is -3.44. The lowest BCUT2D eigenvalue weighted by Gasteiger charge is -2.19. The van der Waals surface area contributed by atoms with Crippen LogP contribution in [0.1, 0.15) is 10.4 Å². The van der Waals surface area contributed by atoms with Crippen molar-refractivity contribution in [1.82, 2.24) is 15.1 Å². The van der Waals surface area contributed by atoms with Gasteiger partial charge >= 0.3 is 6.18 Å². The number of hydrogen-bond acceptors (Lipinski definition) is 5. The second-order valence-corrected chi connectivity index (χ2v) is 7.86. The summed E-state index contributed by atoms with van der Waals surface area (Å²) in [5.74, 6) is -2.08. The third kappa shape index (κ3) is 5.37. The third-order valence-electron chi connectivity index (χ3n) is 4.82. The molecule has 1 atom stereocenters. The molecule has 1 aromatic heterocycles. The van der Waals surface area contributed by atoms with E-state index in [-0.39, 0.29) is 11.4 Å². The van der Waals surface area contributed by atoms with Gasteiger partial charge in [0.15, 0.2) is 0 Å². The second-order valence-electron chi connectivity index (χ2n) is 7.45. The predicted molar refractivity (Wildman–Crippen MR) is 119 cm³/mol. The van der Waals surface area contributed by atoms with Crippen LogP contribution in [0.15, 0.2) is 53.3 Å². The number of carbonyl (C=O) groups excluding carboxylic acids is 1. The Kier molecular flexibility index (Phi) is 7.27. The van der Waals surface area contributed by atoms with Gasteiger partial charge in [-0.25, -0.2) is 4.39 Å². The fourth-order valence-electron chi connectivity index (χ4n) is 3.08. The summed E-state index contributed by atoms with van der Waals surface area (Å²) in [6.45, 7) is -1.42. The number of nitrogens with one attached hydrogen (secondary N) is 1. The number of anilines is 1. The van der Waals surface area contributed by atoms with Gasteiger partial charge in [0, 0.05) is 19.7 Å². The van der Waals surface area contributed by atoms with Gasteiger partial charge in [0.1, 0.15) is 17.4 Å². The molecule has 0 aliphatic carbocycles. The summed E-state index contributed by atoms with van der Waals surface area (Å²) in [5.41, 5.74) is -0.783. The minimum absolute atomic E-state index is 0.0220. The minimum atomic E-state index is -4.95. The van der Waals surface area contributed by atoms with E-state index in [9.17, 15) is 27.2 Å². The van der Waals surface area contributed by atoms with Crippen LogP contribution in [0, 0.1) is 5.82 Å². The Morgan fingerprint density at radius 2 is 1.91 bits per heavy atom. The van der Waals surface area contributed by atoms with Crippen molar-refractivity contribution in [3.63, 3.8) is 0 Å². The average molecular weight is 499 g/mol. The van der Waals surface area contributed by atoms with E-state index >= 15 is 0 Å². The maximum atomic E-state index is 13.8. The van der Waals surface area contributed by atoms with Crippen LogP contribution in [0.5, 0.6) is 0 Å². The van der Waals surface area contributed by atoms with Gasteiger partial charge in [-0.3, -0.25) is 9.59 Å². The number of nitrogens with zero attached hydrogens (tertiary/aromatic N) is 3. The molecule has 1 amide bonds. The number of carbonyl (C=O) groups is 1. The maximum absolute atomic E-state index is 13.8. The van der Waals surface area contributed by atoms with Gasteiger partial charge in [0.05, 0.1) is 28.7 Å². The van der Waals surface area contributed by atoms with E-state index < -0.39 is 41.7 Å². The Morgan fingerprint density at radius 3 is 2.47 bits per heavy atom. The SMILES string of the molecule is CN(C)c1ccc(-c2cc(C(=O)N[C@H](CO)C(F)(F)F)c(=O)n(-c3cccc(F)c3)n2)cc1Cl. The van der Waals surface area contributed by atoms with Crippen LogP contribution in [-0.4, -0.2) is 53.7 Å². The molecule has 2 aromatic carbocycles. The first kappa shape index (κ1) is 25.2. The van der Waals surface area contributed by atoms with Crippen LogP contribution >= 0.6 is 11.6 Å². The molecule has 2 N–H and O–H groups in total. The lowest BCUT2D eigenvalue weighted by atomic mass is 10.1. The van der Waals surface area contributed by atoms with Gasteiger partial charge in [-0.15, -0.1) is 0 Å². The van der Waals surface area contributed by atoms with Gasteiger partial charge in [0.2, 0.25) is 0 Å². The van der Waals surface area contributed by atoms with Crippen LogP contribution in [0.2, 0.25) is 5.02 Å². The van der Waals surface area contributed by atoms with E-state index in [2.05, 4.69) is 5.10 Å². The summed E-state index contributed by atoms with van der Waals surface area (Å²) in [5, 5.41) is 15.1. The Morgan fingerprint density at radius 1 is 1.21 bits per heavy atom. The molecule has 34 heavy (non-hydrogen) atoms. The van der Waals surface area contributed by atoms with Gasteiger partial charge in [-0.1, -0.05) is 23.7 Å². The highest BCUT2D eigenvalue weighted by atomic mass is 35.5. The molecule has 180 valence electrons. The van der Waals surface area contributed by atoms with Gasteiger partial charge in [-0.2, -0.15) is 23.0 Å². The fraction of sp³-hybridized carbons (Fsp3) is 0.227. The average Bonchev–Trinajstić information content (AvgIpc) is 2.76. The van der Waals surface area contributed by atoms with Crippen molar-refractivity contribution in [2.45, 2.75) is 12.2 Å². The molecule has 12 heteroatoms. The monoisotopic (exact) mass is 498 g/mol. The van der Waals surface area contributed by atoms with E-state index in [0.717, 1.165) is 18.2 Å². The summed E-state index contributed by atoms with van der Waals surface area (Å²) in [6.07, 6.45) is -4.95. The van der Waals surface area contributed by atoms with Gasteiger partial charge < -0.3 is 15.3 Å². The van der Waals surface area contributed by atoms with Crippen molar-refractivity contribution in [2.75, 3.05) is 25.6 Å². The summed E-state index contributed by atoms with van der Waals surface area (Å²) < 4.78 is 53.6. The van der Waals surface area contributed by atoms with Crippen molar-refractivity contribution in [1.29, 1.82) is 0 Å². The van der Waals surface area contributed by atoms with E-state index in [1.165, 1.54) is 18.2 Å². The number of aliphatic hydroxyl groups excluding tert-OH is 1. The first-order chi connectivity index (χ1) is 15.9. The standard InChI is InChI=1S/C22H19ClF4N4O3/c1-30(2)18-7-6-12(8-16(18)23)17-10-15(20(33)28-19(11-32)22(25,26)27)21(34)31(29-17)14-5-3-4-13(24)9-14/h3-10,19,32H,11H2,1-2H3,(H,28,33)/t19-/m1/s1. The van der Waals surface area contributed by atoms with Crippen molar-refractivity contribution < 1.29 is 27.5 Å². The molecule has 0 radical (unpaired) electrons. The third-order valence-corrected chi connectivity index (χ3v) is 5.12. The summed E-state index contributed by atoms with van der Waals surface area (Å²) in [7, 11) is 3.54. The highest BCUT2D eigenvalue weighted by molar-refractivity contribution is 6.33. The summed E-state index contributed by atoms with van der Waals surface area (Å²) in [4.78, 5) is 27.4. The molecular weight excluding hydrogens is 480 g/mol. The van der Waals surface area contributed by atoms with E-state index in [0.29, 0.717) is 21.0 Å². The molecule has 0 unspecified atom stereocenters. The predicted octanol–water partition coefficient (Wildman–Crippen LogP) is 3.41. The van der Waals surface area contributed by atoms with Crippen LogP contribution in [0.25, 0.3) is 16.9 Å². The molecule has 0 saturated heterocycles. The number of aromatic nitrogens is 2. The number of hydrogen-bond donors (Lipinski definition) is 2. The van der Waals surface area contributed by atoms with Crippen LogP contribution in [0.3, 0.4) is 0 Å². The smallest absolute Gasteiger partial charge is 0.394 e. The normalized spacial score (nSPS) is 12.4. The number of rotatable bonds is 6. The van der Waals surface area contributed by atoms with E-state index in [1.54, 1.807) is 36.4 Å². The van der Waals surface area contributed by atoms with Crippen molar-refractivity contribution in [3.8, 4) is 16.9 Å². The molecule has 0 aliphatic heterocycles. The highest BCUT2D eigenvalue weighted by Gasteiger charge is 2.40. The molecule has 3 aromatic rings. The number of halogens is 5. The molecule has 7 nitrogen and oxygen atoms in total. The summed E-state index contributed by atoms with van der Waals surface area (Å²) >= 11 is 6.30. The molecular formula is C22H19ClF4N4O3. The quantitative estimate of drug-likeness (QED) is 0.509. The molecule has 0 aliphatic rings. The lowest BCUT2D eigenvalue weighted by Crippen LogP contribution is -2.49. The molecule has 0 bridgehead atoms. The zero-order valence-electron chi connectivity index (χ0n) is 17.9. The largest absolute Gasteiger partial charge is 0.410 e. The highest BCUT2D eigenvalue weighted by Crippen LogP contribution is 2.30. The lowest BCUT2D eigenvalue weighted by molar-refractivity contribution is -0.161. The fourth-order valence-corrected chi connectivity index (χ4v) is 3.43. The number of amides is 1. The Balaban J connectivity index is 2.19. The van der Waals surface area contributed by atoms with Crippen molar-refractivity contribution >= 4 is 23.2 Å². The zero-order valence-corrected chi connectivity index (χ0v) is 18.7. The first-order valence-electron chi connectivity index (χ1n) is 9.78. The van der Waals surface area contributed by atoms with E-state index in [4.69, 9.17) is 16.7 Å². The summed E-state index contributed by atoms with van der Waals surface area (Å²) in [6, 6.07) is 7.94. The molecule has 3 rings (SSSR count). The first-order valence-corrected chi connectivity index (χ1v) is 10.2. The van der Waals surface area contributed by atoms with Gasteiger partial charge in [0.25, 0.3) is 11.5 Å². The van der Waals surface area contributed by atoms with Crippen LogP contribution in [-0.2, 0) is 0 Å². The van der Waals surface area contributed by atoms with Crippen LogP contribution in [0.4, 0.5) is 23.2 Å². The molecule has 0 spiro atoms. The number of aliphatic hydroxyl groups is 1. The minimum Gasteiger partial charge on any atom is -0.394 e. The molecule has 0 fully saturated rings. The topological polar surface area (TPSA) is 87.5 Å². The molecule has 1 heterocycles. The maximum Gasteiger partial charge on any atom is 0.410 e. The van der Waals surface area contributed by atoms with Gasteiger partial charge in [-0.05, 0) is 36.4 Å². The molecule has 0 saturated carbocycles. The van der Waals surface area contributed by atoms with Crippen LogP contribution < -0.4 is 15.8 Å². The van der Waals surface area contributed by atoms with Crippen molar-refractivity contribution in [3.05, 3.63) is 75.3 Å². The Labute approximate surface area is 196 Å². The van der Waals surface area contributed by atoms with E-state index in [1.807, 2.05) is 0 Å². The Bertz CT molecular complexity index is 1280. The second kappa shape index (κ2) is 9.82. The van der Waals surface area contributed by atoms with Crippen molar-refractivity contribution in [2.24, 2.45) is 0 Å². The number of benzene rings is 2. The zero-order chi connectivity index (χ0) is 25.2. The number of alkyl halides is 3.